The number of aromatic nitrogens is 1. The number of pyridine rings is 1. The number of aliphatic hydroxyl groups excluding tert-OH is 1. The Morgan fingerprint density at radius 1 is 1.61 bits per heavy atom. The van der Waals surface area contributed by atoms with E-state index in [1.807, 2.05) is 7.05 Å². The minimum absolute atomic E-state index is 0.0103. The van der Waals surface area contributed by atoms with E-state index >= 15 is 0 Å². The predicted molar refractivity (Wildman–Crippen MR) is 67.9 cm³/mol. The normalized spacial score (nSPS) is 13.4. The molecular weight excluding hydrogens is 236 g/mol. The molecule has 4 N–H and O–H groups in total. The van der Waals surface area contributed by atoms with Gasteiger partial charge in [0.1, 0.15) is 5.82 Å². The highest BCUT2D eigenvalue weighted by Gasteiger charge is 2.10. The van der Waals surface area contributed by atoms with Gasteiger partial charge in [-0.15, -0.1) is 0 Å². The van der Waals surface area contributed by atoms with Gasteiger partial charge in [-0.3, -0.25) is 0 Å². The second-order valence-corrected chi connectivity index (χ2v) is 3.88. The Morgan fingerprint density at radius 3 is 2.83 bits per heavy atom. The minimum Gasteiger partial charge on any atom is -0.409 e. The lowest BCUT2D eigenvalue weighted by Gasteiger charge is -2.21. The molecule has 100 valence electrons. The third-order valence-electron chi connectivity index (χ3n) is 2.39. The number of nitrogens with two attached hydrogens (primary N) is 1. The van der Waals surface area contributed by atoms with Crippen molar-refractivity contribution in [3.05, 3.63) is 23.9 Å². The van der Waals surface area contributed by atoms with Gasteiger partial charge in [0.2, 0.25) is 0 Å². The summed E-state index contributed by atoms with van der Waals surface area (Å²) < 4.78 is 4.85. The molecule has 0 amide bonds. The fourth-order valence-electron chi connectivity index (χ4n) is 1.48. The first-order valence-corrected chi connectivity index (χ1v) is 5.40. The molecule has 7 heteroatoms. The van der Waals surface area contributed by atoms with Crippen LogP contribution in [-0.2, 0) is 4.74 Å². The number of hydrogen-bond donors (Lipinski definition) is 3. The molecule has 0 saturated carbocycles. The quantitative estimate of drug-likeness (QED) is 0.277. The predicted octanol–water partition coefficient (Wildman–Crippen LogP) is -0.380. The molecule has 1 unspecified atom stereocenters. The number of ether oxygens (including phenoxy) is 1. The van der Waals surface area contributed by atoms with E-state index in [4.69, 9.17) is 15.7 Å². The molecule has 0 fully saturated rings. The van der Waals surface area contributed by atoms with E-state index in [2.05, 4.69) is 10.1 Å². The van der Waals surface area contributed by atoms with Gasteiger partial charge in [0.25, 0.3) is 0 Å². The molecule has 0 saturated heterocycles. The number of likely N-dealkylation sites (N-methyl/N-ethyl adjacent to an activating group) is 1. The lowest BCUT2D eigenvalue weighted by Crippen LogP contribution is -2.32. The number of methoxy groups -OCH3 is 1. The molecule has 1 atom stereocenters. The third kappa shape index (κ3) is 3.86. The van der Waals surface area contributed by atoms with Gasteiger partial charge in [0.15, 0.2) is 5.84 Å². The molecule has 0 aliphatic heterocycles. The molecule has 0 bridgehead atoms. The molecule has 1 aromatic heterocycles. The average Bonchev–Trinajstić information content (AvgIpc) is 2.38. The smallest absolute Gasteiger partial charge is 0.171 e. The lowest BCUT2D eigenvalue weighted by atomic mass is 10.2. The summed E-state index contributed by atoms with van der Waals surface area (Å²) in [6.07, 6.45) is 0.925. The van der Waals surface area contributed by atoms with E-state index in [-0.39, 0.29) is 12.4 Å². The number of anilines is 1. The topological polar surface area (TPSA) is 104 Å². The Kier molecular flexibility index (Phi) is 5.34. The van der Waals surface area contributed by atoms with Crippen molar-refractivity contribution in [2.75, 3.05) is 32.2 Å². The van der Waals surface area contributed by atoms with Crippen LogP contribution in [0.4, 0.5) is 5.82 Å². The van der Waals surface area contributed by atoms with Gasteiger partial charge < -0.3 is 25.7 Å². The lowest BCUT2D eigenvalue weighted by molar-refractivity contribution is 0.0694. The summed E-state index contributed by atoms with van der Waals surface area (Å²) >= 11 is 0. The molecule has 1 aromatic rings. The maximum Gasteiger partial charge on any atom is 0.171 e. The van der Waals surface area contributed by atoms with Crippen molar-refractivity contribution in [2.45, 2.75) is 6.10 Å². The SMILES string of the molecule is COCC(O)CN(C)c1ccc(/C(N)=N/O)cn1. The van der Waals surface area contributed by atoms with Gasteiger partial charge in [-0.1, -0.05) is 5.16 Å². The summed E-state index contributed by atoms with van der Waals surface area (Å²) in [7, 11) is 3.34. The number of amidine groups is 1. The van der Waals surface area contributed by atoms with Gasteiger partial charge in [-0.25, -0.2) is 4.98 Å². The first kappa shape index (κ1) is 14.2. The Labute approximate surface area is 105 Å². The summed E-state index contributed by atoms with van der Waals surface area (Å²) in [5.41, 5.74) is 5.96. The van der Waals surface area contributed by atoms with Crippen molar-refractivity contribution >= 4 is 11.7 Å². The molecule has 7 nitrogen and oxygen atoms in total. The van der Waals surface area contributed by atoms with Crippen LogP contribution in [0.15, 0.2) is 23.5 Å². The van der Waals surface area contributed by atoms with Crippen LogP contribution in [0, 0.1) is 0 Å². The van der Waals surface area contributed by atoms with Crippen molar-refractivity contribution in [1.29, 1.82) is 0 Å². The second-order valence-electron chi connectivity index (χ2n) is 3.88. The first-order valence-electron chi connectivity index (χ1n) is 5.40. The van der Waals surface area contributed by atoms with E-state index in [0.717, 1.165) is 0 Å². The van der Waals surface area contributed by atoms with Gasteiger partial charge in [0, 0.05) is 32.5 Å². The Hall–Kier alpha value is -1.86. The maximum atomic E-state index is 9.60. The molecule has 18 heavy (non-hydrogen) atoms. The van der Waals surface area contributed by atoms with Gasteiger partial charge >= 0.3 is 0 Å². The number of nitrogens with zero attached hydrogens (tertiary/aromatic N) is 3. The molecule has 0 aliphatic carbocycles. The van der Waals surface area contributed by atoms with E-state index in [1.54, 1.807) is 17.0 Å². The molecule has 1 heterocycles. The summed E-state index contributed by atoms with van der Waals surface area (Å²) in [6.45, 7) is 0.677. The zero-order valence-corrected chi connectivity index (χ0v) is 10.4. The van der Waals surface area contributed by atoms with Crippen LogP contribution >= 0.6 is 0 Å². The monoisotopic (exact) mass is 254 g/mol. The zero-order valence-electron chi connectivity index (χ0n) is 10.4. The van der Waals surface area contributed by atoms with Crippen LogP contribution in [0.25, 0.3) is 0 Å². The number of oxime groups is 1. The van der Waals surface area contributed by atoms with Crippen LogP contribution in [0.1, 0.15) is 5.56 Å². The Balaban J connectivity index is 2.67. The van der Waals surface area contributed by atoms with Gasteiger partial charge in [-0.05, 0) is 12.1 Å². The highest BCUT2D eigenvalue weighted by molar-refractivity contribution is 5.96. The number of aliphatic hydroxyl groups is 1. The van der Waals surface area contributed by atoms with Crippen LogP contribution < -0.4 is 10.6 Å². The summed E-state index contributed by atoms with van der Waals surface area (Å²) in [4.78, 5) is 5.95. The molecule has 0 aliphatic rings. The number of hydrogen-bond acceptors (Lipinski definition) is 6. The van der Waals surface area contributed by atoms with Crippen LogP contribution in [0.5, 0.6) is 0 Å². The highest BCUT2D eigenvalue weighted by Crippen LogP contribution is 2.10. The van der Waals surface area contributed by atoms with Crippen molar-refractivity contribution in [3.63, 3.8) is 0 Å². The molecule has 1 rings (SSSR count). The zero-order chi connectivity index (χ0) is 13.5. The van der Waals surface area contributed by atoms with Crippen LogP contribution in [-0.4, -0.2) is 54.5 Å². The average molecular weight is 254 g/mol. The van der Waals surface area contributed by atoms with E-state index < -0.39 is 6.10 Å². The summed E-state index contributed by atoms with van der Waals surface area (Å²) in [6, 6.07) is 3.42. The van der Waals surface area contributed by atoms with Crippen molar-refractivity contribution in [1.82, 2.24) is 4.98 Å². The molecule has 0 radical (unpaired) electrons. The Bertz CT molecular complexity index is 394. The Morgan fingerprint density at radius 2 is 2.33 bits per heavy atom. The molecule has 0 spiro atoms. The largest absolute Gasteiger partial charge is 0.409 e. The molecule has 0 aromatic carbocycles. The van der Waals surface area contributed by atoms with Crippen molar-refractivity contribution < 1.29 is 15.1 Å². The fourth-order valence-corrected chi connectivity index (χ4v) is 1.48. The standard InChI is InChI=1S/C11H18N4O3/c1-15(6-9(16)7-18-2)10-4-3-8(5-13-10)11(12)14-17/h3-5,9,16-17H,6-7H2,1-2H3,(H2,12,14). The highest BCUT2D eigenvalue weighted by atomic mass is 16.5. The van der Waals surface area contributed by atoms with Crippen molar-refractivity contribution in [3.8, 4) is 0 Å². The third-order valence-corrected chi connectivity index (χ3v) is 2.39. The summed E-state index contributed by atoms with van der Waals surface area (Å²) in [5, 5.41) is 21.0. The fraction of sp³-hybridized carbons (Fsp3) is 0.455. The number of rotatable bonds is 6. The van der Waals surface area contributed by atoms with E-state index in [0.29, 0.717) is 17.9 Å². The molecular formula is C11H18N4O3. The first-order chi connectivity index (χ1) is 8.58. The van der Waals surface area contributed by atoms with E-state index in [1.165, 1.54) is 13.3 Å². The second kappa shape index (κ2) is 6.77. The van der Waals surface area contributed by atoms with E-state index in [9.17, 15) is 5.11 Å². The van der Waals surface area contributed by atoms with Gasteiger partial charge in [0.05, 0.1) is 12.7 Å². The van der Waals surface area contributed by atoms with Crippen LogP contribution in [0.2, 0.25) is 0 Å². The van der Waals surface area contributed by atoms with Crippen molar-refractivity contribution in [2.24, 2.45) is 10.9 Å². The maximum absolute atomic E-state index is 9.60. The summed E-state index contributed by atoms with van der Waals surface area (Å²) in [5.74, 6) is 0.691. The van der Waals surface area contributed by atoms with Crippen LogP contribution in [0.3, 0.4) is 0 Å². The van der Waals surface area contributed by atoms with Gasteiger partial charge in [-0.2, -0.15) is 0 Å². The minimum atomic E-state index is -0.578.